The van der Waals surface area contributed by atoms with Crippen LogP contribution in [0.5, 0.6) is 0 Å². The lowest BCUT2D eigenvalue weighted by atomic mass is 10.2. The monoisotopic (exact) mass is 314 g/mol. The van der Waals surface area contributed by atoms with Crippen LogP contribution in [-0.2, 0) is 4.74 Å². The zero-order valence-electron chi connectivity index (χ0n) is 12.0. The summed E-state index contributed by atoms with van der Waals surface area (Å²) < 4.78 is 20.1. The predicted octanol–water partition coefficient (Wildman–Crippen LogP) is 2.63. The molecule has 0 fully saturated rings. The van der Waals surface area contributed by atoms with Crippen molar-refractivity contribution in [3.63, 3.8) is 0 Å². The molecule has 0 unspecified atom stereocenters. The molecule has 0 saturated carbocycles. The molecule has 116 valence electrons. The van der Waals surface area contributed by atoms with Crippen molar-refractivity contribution in [2.75, 3.05) is 7.11 Å². The van der Waals surface area contributed by atoms with Crippen LogP contribution < -0.4 is 0 Å². The first kappa shape index (κ1) is 14.7. The molecular weight excluding hydrogens is 303 g/mol. The number of rotatable bonds is 3. The van der Waals surface area contributed by atoms with Gasteiger partial charge in [-0.1, -0.05) is 12.1 Å². The van der Waals surface area contributed by atoms with E-state index in [1.807, 2.05) is 0 Å². The Bertz CT molecular complexity index is 933. The second kappa shape index (κ2) is 5.53. The number of fused-ring (bicyclic) bond motifs is 1. The standard InChI is InChI=1S/C16H11FN2O4/c1-23-16(22)10-6-4-8-19-13(10)12(15(20)21)18-14(19)9-5-2-3-7-11(9)17/h2-8H,1H3,(H,20,21). The Kier molecular flexibility index (Phi) is 3.53. The van der Waals surface area contributed by atoms with Gasteiger partial charge < -0.3 is 9.84 Å². The van der Waals surface area contributed by atoms with Gasteiger partial charge in [0.2, 0.25) is 0 Å². The Morgan fingerprint density at radius 3 is 2.61 bits per heavy atom. The Morgan fingerprint density at radius 1 is 1.22 bits per heavy atom. The van der Waals surface area contributed by atoms with Crippen LogP contribution >= 0.6 is 0 Å². The summed E-state index contributed by atoms with van der Waals surface area (Å²) in [5.74, 6) is -2.46. The number of aromatic carboxylic acids is 1. The largest absolute Gasteiger partial charge is 0.476 e. The van der Waals surface area contributed by atoms with E-state index in [1.54, 1.807) is 6.07 Å². The van der Waals surface area contributed by atoms with E-state index in [-0.39, 0.29) is 28.2 Å². The second-order valence-electron chi connectivity index (χ2n) is 4.70. The van der Waals surface area contributed by atoms with Gasteiger partial charge in [-0.05, 0) is 24.3 Å². The first-order chi connectivity index (χ1) is 11.0. The van der Waals surface area contributed by atoms with Gasteiger partial charge in [0.1, 0.15) is 11.6 Å². The highest BCUT2D eigenvalue weighted by atomic mass is 19.1. The number of methoxy groups -OCH3 is 1. The molecule has 0 aliphatic heterocycles. The van der Waals surface area contributed by atoms with Gasteiger partial charge in [-0.15, -0.1) is 0 Å². The molecule has 3 rings (SSSR count). The molecule has 0 atom stereocenters. The Balaban J connectivity index is 2.41. The number of imidazole rings is 1. The minimum Gasteiger partial charge on any atom is -0.476 e. The van der Waals surface area contributed by atoms with Crippen molar-refractivity contribution in [2.24, 2.45) is 0 Å². The lowest BCUT2D eigenvalue weighted by Gasteiger charge is -2.05. The average Bonchev–Trinajstić information content (AvgIpc) is 2.94. The number of aromatic nitrogens is 2. The highest BCUT2D eigenvalue weighted by Gasteiger charge is 2.24. The summed E-state index contributed by atoms with van der Waals surface area (Å²) in [5, 5.41) is 9.37. The minimum atomic E-state index is -1.32. The van der Waals surface area contributed by atoms with E-state index < -0.39 is 17.8 Å². The molecule has 2 heterocycles. The molecule has 0 aliphatic rings. The van der Waals surface area contributed by atoms with E-state index in [0.29, 0.717) is 0 Å². The van der Waals surface area contributed by atoms with Crippen LogP contribution in [0.15, 0.2) is 42.6 Å². The number of carboxylic acids is 1. The molecule has 0 radical (unpaired) electrons. The van der Waals surface area contributed by atoms with Gasteiger partial charge in [-0.3, -0.25) is 4.40 Å². The number of carboxylic acid groups (broad SMARTS) is 1. The van der Waals surface area contributed by atoms with Crippen LogP contribution in [-0.4, -0.2) is 33.5 Å². The minimum absolute atomic E-state index is 0.0440. The number of carbonyl (C=O) groups excluding carboxylic acids is 1. The molecule has 0 aliphatic carbocycles. The normalized spacial score (nSPS) is 10.7. The Hall–Kier alpha value is -3.22. The van der Waals surface area contributed by atoms with E-state index in [4.69, 9.17) is 0 Å². The number of pyridine rings is 1. The first-order valence-electron chi connectivity index (χ1n) is 6.62. The summed E-state index contributed by atoms with van der Waals surface area (Å²) >= 11 is 0. The number of hydrogen-bond acceptors (Lipinski definition) is 4. The van der Waals surface area contributed by atoms with Gasteiger partial charge in [0.15, 0.2) is 5.69 Å². The molecule has 0 saturated heterocycles. The smallest absolute Gasteiger partial charge is 0.356 e. The van der Waals surface area contributed by atoms with Crippen molar-refractivity contribution < 1.29 is 23.8 Å². The Morgan fingerprint density at radius 2 is 1.96 bits per heavy atom. The third-order valence-corrected chi connectivity index (χ3v) is 3.39. The van der Waals surface area contributed by atoms with E-state index in [2.05, 4.69) is 9.72 Å². The molecule has 1 aromatic carbocycles. The highest BCUT2D eigenvalue weighted by molar-refractivity contribution is 6.05. The van der Waals surface area contributed by atoms with E-state index >= 15 is 0 Å². The Labute approximate surface area is 129 Å². The van der Waals surface area contributed by atoms with Crippen LogP contribution in [0, 0.1) is 5.82 Å². The van der Waals surface area contributed by atoms with Gasteiger partial charge in [0, 0.05) is 6.20 Å². The molecule has 0 bridgehead atoms. The number of carbonyl (C=O) groups is 2. The maximum Gasteiger partial charge on any atom is 0.356 e. The second-order valence-corrected chi connectivity index (χ2v) is 4.70. The number of benzene rings is 1. The molecule has 0 amide bonds. The summed E-state index contributed by atoms with van der Waals surface area (Å²) in [5.41, 5.74) is -0.103. The van der Waals surface area contributed by atoms with Crippen molar-refractivity contribution in [3.05, 3.63) is 59.7 Å². The topological polar surface area (TPSA) is 80.9 Å². The van der Waals surface area contributed by atoms with E-state index in [0.717, 1.165) is 0 Å². The SMILES string of the molecule is COC(=O)c1cccn2c(-c3ccccc3F)nc(C(=O)O)c12. The van der Waals surface area contributed by atoms with Gasteiger partial charge in [0.05, 0.1) is 23.8 Å². The van der Waals surface area contributed by atoms with Crippen molar-refractivity contribution >= 4 is 17.5 Å². The lowest BCUT2D eigenvalue weighted by molar-refractivity contribution is 0.0602. The third kappa shape index (κ3) is 2.32. The number of ether oxygens (including phenoxy) is 1. The molecule has 23 heavy (non-hydrogen) atoms. The van der Waals surface area contributed by atoms with Crippen molar-refractivity contribution in [2.45, 2.75) is 0 Å². The van der Waals surface area contributed by atoms with Crippen LogP contribution in [0.1, 0.15) is 20.8 Å². The molecule has 6 nitrogen and oxygen atoms in total. The zero-order chi connectivity index (χ0) is 16.6. The van der Waals surface area contributed by atoms with Crippen LogP contribution in [0.25, 0.3) is 16.9 Å². The number of halogens is 1. The molecule has 1 N–H and O–H groups in total. The maximum absolute atomic E-state index is 14.0. The highest BCUT2D eigenvalue weighted by Crippen LogP contribution is 2.27. The number of nitrogens with zero attached hydrogens (tertiary/aromatic N) is 2. The quantitative estimate of drug-likeness (QED) is 0.752. The molecular formula is C16H11FN2O4. The van der Waals surface area contributed by atoms with Crippen LogP contribution in [0.3, 0.4) is 0 Å². The summed E-state index contributed by atoms with van der Waals surface area (Å²) in [6.45, 7) is 0. The summed E-state index contributed by atoms with van der Waals surface area (Å²) in [7, 11) is 1.19. The summed E-state index contributed by atoms with van der Waals surface area (Å²) in [4.78, 5) is 27.4. The zero-order valence-corrected chi connectivity index (χ0v) is 12.0. The maximum atomic E-state index is 14.0. The van der Waals surface area contributed by atoms with Gasteiger partial charge in [-0.25, -0.2) is 19.0 Å². The number of esters is 1. The van der Waals surface area contributed by atoms with E-state index in [1.165, 1.54) is 48.0 Å². The van der Waals surface area contributed by atoms with Crippen LogP contribution in [0.4, 0.5) is 4.39 Å². The van der Waals surface area contributed by atoms with Crippen molar-refractivity contribution in [3.8, 4) is 11.4 Å². The van der Waals surface area contributed by atoms with Gasteiger partial charge >= 0.3 is 11.9 Å². The van der Waals surface area contributed by atoms with Gasteiger partial charge in [0.25, 0.3) is 0 Å². The summed E-state index contributed by atoms with van der Waals surface area (Å²) in [6.07, 6.45) is 1.52. The number of hydrogen-bond donors (Lipinski definition) is 1. The third-order valence-electron chi connectivity index (χ3n) is 3.39. The molecule has 2 aromatic heterocycles. The first-order valence-corrected chi connectivity index (χ1v) is 6.62. The van der Waals surface area contributed by atoms with Crippen LogP contribution in [0.2, 0.25) is 0 Å². The lowest BCUT2D eigenvalue weighted by Crippen LogP contribution is -2.06. The molecule has 7 heteroatoms. The fourth-order valence-corrected chi connectivity index (χ4v) is 2.40. The fraction of sp³-hybridized carbons (Fsp3) is 0.0625. The summed E-state index contributed by atoms with van der Waals surface area (Å²) in [6, 6.07) is 8.84. The van der Waals surface area contributed by atoms with E-state index in [9.17, 15) is 19.1 Å². The average molecular weight is 314 g/mol. The molecule has 0 spiro atoms. The fourth-order valence-electron chi connectivity index (χ4n) is 2.40. The molecule has 3 aromatic rings. The van der Waals surface area contributed by atoms with Gasteiger partial charge in [-0.2, -0.15) is 0 Å². The van der Waals surface area contributed by atoms with Crippen molar-refractivity contribution in [1.82, 2.24) is 9.38 Å². The van der Waals surface area contributed by atoms with Crippen molar-refractivity contribution in [1.29, 1.82) is 0 Å². The predicted molar refractivity (Wildman–Crippen MR) is 78.9 cm³/mol.